The van der Waals surface area contributed by atoms with Crippen molar-refractivity contribution in [3.8, 4) is 0 Å². The largest absolute Gasteiger partial charge is 0.416 e. The van der Waals surface area contributed by atoms with Crippen LogP contribution in [0.15, 0.2) is 42.5 Å². The Labute approximate surface area is 133 Å². The zero-order valence-corrected chi connectivity index (χ0v) is 11.9. The molecule has 0 saturated carbocycles. The van der Waals surface area contributed by atoms with Crippen LogP contribution in [-0.4, -0.2) is 6.29 Å². The van der Waals surface area contributed by atoms with Gasteiger partial charge in [0.15, 0.2) is 0 Å². The average molecular weight is 344 g/mol. The number of aldehydes is 1. The number of halogens is 6. The third kappa shape index (κ3) is 4.24. The number of carbonyl (C=O) groups is 1. The summed E-state index contributed by atoms with van der Waals surface area (Å²) in [5.41, 5.74) is -2.24. The van der Waals surface area contributed by atoms with E-state index in [-0.39, 0.29) is 0 Å². The van der Waals surface area contributed by atoms with Gasteiger partial charge in [-0.05, 0) is 35.4 Å². The zero-order chi connectivity index (χ0) is 18.0. The molecule has 0 bridgehead atoms. The molecular weight excluding hydrogens is 334 g/mol. The molecule has 0 amide bonds. The van der Waals surface area contributed by atoms with Crippen LogP contribution in [0.25, 0.3) is 12.2 Å². The third-order valence-electron chi connectivity index (χ3n) is 3.19. The van der Waals surface area contributed by atoms with E-state index in [1.807, 2.05) is 0 Å². The fraction of sp³-hybridized carbons (Fsp3) is 0.118. The minimum Gasteiger partial charge on any atom is -0.298 e. The van der Waals surface area contributed by atoms with Crippen molar-refractivity contribution in [1.82, 2.24) is 0 Å². The Balaban J connectivity index is 2.49. The van der Waals surface area contributed by atoms with E-state index < -0.39 is 29.0 Å². The highest BCUT2D eigenvalue weighted by molar-refractivity contribution is 5.78. The summed E-state index contributed by atoms with van der Waals surface area (Å²) in [5, 5.41) is 0. The molecule has 0 aromatic heterocycles. The lowest BCUT2D eigenvalue weighted by Gasteiger charge is -2.13. The molecule has 24 heavy (non-hydrogen) atoms. The van der Waals surface area contributed by atoms with Crippen molar-refractivity contribution in [1.29, 1.82) is 0 Å². The van der Waals surface area contributed by atoms with Crippen LogP contribution >= 0.6 is 0 Å². The summed E-state index contributed by atoms with van der Waals surface area (Å²) in [5.74, 6) is 0. The fourth-order valence-electron chi connectivity index (χ4n) is 2.06. The van der Waals surface area contributed by atoms with Crippen molar-refractivity contribution in [2.75, 3.05) is 0 Å². The van der Waals surface area contributed by atoms with Gasteiger partial charge < -0.3 is 0 Å². The van der Waals surface area contributed by atoms with Crippen molar-refractivity contribution >= 4 is 18.4 Å². The highest BCUT2D eigenvalue weighted by atomic mass is 19.4. The lowest BCUT2D eigenvalue weighted by Crippen LogP contribution is -2.11. The van der Waals surface area contributed by atoms with Crippen molar-refractivity contribution in [2.24, 2.45) is 0 Å². The first-order chi connectivity index (χ1) is 11.1. The smallest absolute Gasteiger partial charge is 0.298 e. The van der Waals surface area contributed by atoms with E-state index in [0.29, 0.717) is 35.6 Å². The second-order valence-electron chi connectivity index (χ2n) is 4.92. The fourth-order valence-corrected chi connectivity index (χ4v) is 2.06. The molecule has 0 saturated heterocycles. The van der Waals surface area contributed by atoms with Crippen molar-refractivity contribution in [3.05, 3.63) is 70.3 Å². The molecule has 7 heteroatoms. The van der Waals surface area contributed by atoms with Gasteiger partial charge in [-0.25, -0.2) is 0 Å². The molecule has 2 aromatic carbocycles. The lowest BCUT2D eigenvalue weighted by atomic mass is 10.0. The van der Waals surface area contributed by atoms with Crippen molar-refractivity contribution in [2.45, 2.75) is 12.4 Å². The highest BCUT2D eigenvalue weighted by Crippen LogP contribution is 2.37. The summed E-state index contributed by atoms with van der Waals surface area (Å²) >= 11 is 0. The molecule has 2 aromatic rings. The number of carbonyl (C=O) groups excluding carboxylic acids is 1. The molecule has 0 spiro atoms. The second-order valence-corrected chi connectivity index (χ2v) is 4.92. The van der Waals surface area contributed by atoms with Gasteiger partial charge in [0.05, 0.1) is 11.1 Å². The maximum atomic E-state index is 13.0. The Morgan fingerprint density at radius 3 is 2.00 bits per heavy atom. The second kappa shape index (κ2) is 6.51. The minimum atomic E-state index is -4.78. The Kier molecular flexibility index (Phi) is 4.82. The molecule has 2 rings (SSSR count). The third-order valence-corrected chi connectivity index (χ3v) is 3.19. The lowest BCUT2D eigenvalue weighted by molar-refractivity contribution is -0.141. The van der Waals surface area contributed by atoms with Gasteiger partial charge in [0.1, 0.15) is 6.29 Å². The number of hydrogen-bond donors (Lipinski definition) is 0. The number of hydrogen-bond acceptors (Lipinski definition) is 1. The predicted molar refractivity (Wildman–Crippen MR) is 77.2 cm³/mol. The van der Waals surface area contributed by atoms with E-state index in [9.17, 15) is 31.1 Å². The van der Waals surface area contributed by atoms with Gasteiger partial charge in [0.25, 0.3) is 0 Å². The topological polar surface area (TPSA) is 17.1 Å². The average Bonchev–Trinajstić information content (AvgIpc) is 2.51. The van der Waals surface area contributed by atoms with Gasteiger partial charge in [0, 0.05) is 5.56 Å². The van der Waals surface area contributed by atoms with Gasteiger partial charge in [-0.15, -0.1) is 0 Å². The van der Waals surface area contributed by atoms with Crippen molar-refractivity contribution < 1.29 is 31.1 Å². The summed E-state index contributed by atoms with van der Waals surface area (Å²) in [6, 6.07) is 7.19. The Bertz CT molecular complexity index is 771. The molecule has 0 heterocycles. The minimum absolute atomic E-state index is 0.303. The Morgan fingerprint density at radius 1 is 0.750 bits per heavy atom. The summed E-state index contributed by atoms with van der Waals surface area (Å²) < 4.78 is 77.0. The normalized spacial score (nSPS) is 12.6. The molecule has 0 unspecified atom stereocenters. The molecule has 126 valence electrons. The summed E-state index contributed by atoms with van der Waals surface area (Å²) in [6.45, 7) is 0. The van der Waals surface area contributed by atoms with Crippen LogP contribution in [0.3, 0.4) is 0 Å². The van der Waals surface area contributed by atoms with Crippen LogP contribution in [0.2, 0.25) is 0 Å². The molecule has 0 fully saturated rings. The quantitative estimate of drug-likeness (QED) is 0.396. The van der Waals surface area contributed by atoms with Crippen LogP contribution in [-0.2, 0) is 12.4 Å². The van der Waals surface area contributed by atoms with Crippen LogP contribution in [0, 0.1) is 0 Å². The first-order valence-electron chi connectivity index (χ1n) is 6.63. The SMILES string of the molecule is O=Cc1cccc(/C=C/c2cc(C(F)(F)F)ccc2C(F)(F)F)c1. The van der Waals surface area contributed by atoms with Crippen LogP contribution in [0.5, 0.6) is 0 Å². The maximum Gasteiger partial charge on any atom is 0.416 e. The van der Waals surface area contributed by atoms with E-state index in [2.05, 4.69) is 0 Å². The monoisotopic (exact) mass is 344 g/mol. The van der Waals surface area contributed by atoms with Crippen LogP contribution in [0.4, 0.5) is 26.3 Å². The van der Waals surface area contributed by atoms with Gasteiger partial charge in [-0.1, -0.05) is 30.4 Å². The van der Waals surface area contributed by atoms with E-state index in [1.54, 1.807) is 0 Å². The molecule has 0 aliphatic rings. The molecule has 0 radical (unpaired) electrons. The van der Waals surface area contributed by atoms with Crippen molar-refractivity contribution in [3.63, 3.8) is 0 Å². The first-order valence-corrected chi connectivity index (χ1v) is 6.63. The molecular formula is C17H10F6O. The number of alkyl halides is 6. The van der Waals surface area contributed by atoms with Gasteiger partial charge in [0.2, 0.25) is 0 Å². The van der Waals surface area contributed by atoms with E-state index in [0.717, 1.165) is 6.08 Å². The zero-order valence-electron chi connectivity index (χ0n) is 11.9. The van der Waals surface area contributed by atoms with Crippen LogP contribution < -0.4 is 0 Å². The standard InChI is InChI=1S/C17H10F6O/c18-16(19,20)14-6-7-15(17(21,22)23)13(9-14)5-4-11-2-1-3-12(8-11)10-24/h1-10H/b5-4+. The first kappa shape index (κ1) is 17.8. The Hall–Kier alpha value is -2.57. The van der Waals surface area contributed by atoms with Gasteiger partial charge in [-0.2, -0.15) is 26.3 Å². The van der Waals surface area contributed by atoms with Crippen LogP contribution in [0.1, 0.15) is 32.6 Å². The number of rotatable bonds is 3. The van der Waals surface area contributed by atoms with Gasteiger partial charge in [-0.3, -0.25) is 4.79 Å². The summed E-state index contributed by atoms with van der Waals surface area (Å²) in [6.07, 6.45) is -6.80. The molecule has 0 aliphatic carbocycles. The highest BCUT2D eigenvalue weighted by Gasteiger charge is 2.36. The molecule has 0 atom stereocenters. The molecule has 0 N–H and O–H groups in total. The van der Waals surface area contributed by atoms with E-state index in [1.165, 1.54) is 30.3 Å². The Morgan fingerprint density at radius 2 is 1.42 bits per heavy atom. The summed E-state index contributed by atoms with van der Waals surface area (Å²) in [4.78, 5) is 10.7. The molecule has 1 nitrogen and oxygen atoms in total. The predicted octanol–water partition coefficient (Wildman–Crippen LogP) is 5.71. The van der Waals surface area contributed by atoms with E-state index in [4.69, 9.17) is 0 Å². The number of benzene rings is 2. The summed E-state index contributed by atoms with van der Waals surface area (Å²) in [7, 11) is 0. The molecule has 0 aliphatic heterocycles. The van der Waals surface area contributed by atoms with Gasteiger partial charge >= 0.3 is 12.4 Å². The maximum absolute atomic E-state index is 13.0. The van der Waals surface area contributed by atoms with E-state index >= 15 is 0 Å².